The first kappa shape index (κ1) is 24.8. The molecule has 34 heavy (non-hydrogen) atoms. The van der Waals surface area contributed by atoms with Gasteiger partial charge in [-0.25, -0.2) is 4.79 Å². The van der Waals surface area contributed by atoms with Crippen LogP contribution in [0.25, 0.3) is 5.69 Å². The number of benzene rings is 1. The topological polar surface area (TPSA) is 92.4 Å². The zero-order valence-corrected chi connectivity index (χ0v) is 19.7. The molecular weight excluding hydrogens is 448 g/mol. The molecule has 0 amide bonds. The second-order valence-electron chi connectivity index (χ2n) is 7.90. The summed E-state index contributed by atoms with van der Waals surface area (Å²) in [5.41, 5.74) is 3.30. The Hall–Kier alpha value is -3.82. The van der Waals surface area contributed by atoms with Gasteiger partial charge < -0.3 is 14.0 Å². The Morgan fingerprint density at radius 3 is 2.15 bits per heavy atom. The van der Waals surface area contributed by atoms with E-state index in [1.165, 1.54) is 23.7 Å². The maximum Gasteiger partial charge on any atom is 0.387 e. The van der Waals surface area contributed by atoms with Crippen LogP contribution in [0.3, 0.4) is 0 Å². The zero-order chi connectivity index (χ0) is 25.3. The summed E-state index contributed by atoms with van der Waals surface area (Å²) in [5.74, 6) is -2.46. The minimum atomic E-state index is -2.92. The fourth-order valence-electron chi connectivity index (χ4n) is 3.88. The number of carbonyl (C=O) groups excluding carboxylic acids is 3. The zero-order valence-electron chi connectivity index (χ0n) is 19.7. The van der Waals surface area contributed by atoms with Crippen LogP contribution in [0.4, 0.5) is 8.78 Å². The molecule has 0 saturated heterocycles. The minimum Gasteiger partial charge on any atom is -0.448 e. The first-order valence-electron chi connectivity index (χ1n) is 10.5. The quantitative estimate of drug-likeness (QED) is 0.279. The second-order valence-corrected chi connectivity index (χ2v) is 7.90. The van der Waals surface area contributed by atoms with Crippen molar-refractivity contribution >= 4 is 17.5 Å². The number of aromatic nitrogens is 3. The molecule has 1 unspecified atom stereocenters. The average Bonchev–Trinajstić information content (AvgIpc) is 3.20. The molecule has 1 atom stereocenters. The highest BCUT2D eigenvalue weighted by molar-refractivity contribution is 6.41. The molecule has 0 aliphatic heterocycles. The van der Waals surface area contributed by atoms with Crippen molar-refractivity contribution in [3.8, 4) is 11.4 Å². The summed E-state index contributed by atoms with van der Waals surface area (Å²) in [6.07, 6.45) is -1.20. The van der Waals surface area contributed by atoms with Crippen molar-refractivity contribution in [2.45, 2.75) is 47.3 Å². The highest BCUT2D eigenvalue weighted by Crippen LogP contribution is 2.25. The van der Waals surface area contributed by atoms with Gasteiger partial charge in [-0.2, -0.15) is 13.9 Å². The SMILES string of the molecule is Cc1nn(C)c(C)c1C(=O)C(=O)OC(C)C(=O)c1cc(C)n(-c2ccc(OC(F)F)cc2)c1C. The number of alkyl halides is 2. The summed E-state index contributed by atoms with van der Waals surface area (Å²) in [4.78, 5) is 38.1. The van der Waals surface area contributed by atoms with Crippen molar-refractivity contribution in [1.29, 1.82) is 0 Å². The van der Waals surface area contributed by atoms with Crippen LogP contribution >= 0.6 is 0 Å². The van der Waals surface area contributed by atoms with Gasteiger partial charge in [0.05, 0.1) is 11.3 Å². The molecule has 2 heterocycles. The predicted octanol–water partition coefficient (Wildman–Crippen LogP) is 4.04. The summed E-state index contributed by atoms with van der Waals surface area (Å²) in [6, 6.07) is 7.63. The predicted molar refractivity (Wildman–Crippen MR) is 119 cm³/mol. The van der Waals surface area contributed by atoms with Gasteiger partial charge in [0, 0.05) is 35.4 Å². The maximum absolute atomic E-state index is 13.0. The molecule has 0 radical (unpaired) electrons. The largest absolute Gasteiger partial charge is 0.448 e. The van der Waals surface area contributed by atoms with E-state index in [0.717, 1.165) is 0 Å². The fraction of sp³-hybridized carbons (Fsp3) is 0.333. The number of Topliss-reactive ketones (excluding diaryl/α,β-unsaturated/α-hetero) is 2. The molecule has 1 aromatic carbocycles. The van der Waals surface area contributed by atoms with Crippen molar-refractivity contribution in [2.24, 2.45) is 7.05 Å². The molecule has 0 aliphatic carbocycles. The van der Waals surface area contributed by atoms with Gasteiger partial charge in [0.1, 0.15) is 5.75 Å². The molecule has 0 spiro atoms. The van der Waals surface area contributed by atoms with Crippen molar-refractivity contribution in [3.05, 3.63) is 64.2 Å². The molecule has 0 fully saturated rings. The molecule has 3 aromatic rings. The number of hydrogen-bond acceptors (Lipinski definition) is 6. The van der Waals surface area contributed by atoms with Gasteiger partial charge in [0.15, 0.2) is 6.10 Å². The van der Waals surface area contributed by atoms with Crippen LogP contribution in [-0.2, 0) is 16.6 Å². The summed E-state index contributed by atoms with van der Waals surface area (Å²) >= 11 is 0. The van der Waals surface area contributed by atoms with Gasteiger partial charge in [-0.05, 0) is 65.0 Å². The molecule has 8 nitrogen and oxygen atoms in total. The number of ether oxygens (including phenoxy) is 2. The number of rotatable bonds is 8. The lowest BCUT2D eigenvalue weighted by molar-refractivity contribution is -0.140. The summed E-state index contributed by atoms with van der Waals surface area (Å²) in [6.45, 7) is 5.25. The van der Waals surface area contributed by atoms with Gasteiger partial charge in [-0.3, -0.25) is 14.3 Å². The van der Waals surface area contributed by atoms with E-state index in [1.54, 1.807) is 57.5 Å². The smallest absolute Gasteiger partial charge is 0.387 e. The van der Waals surface area contributed by atoms with Crippen LogP contribution in [0.2, 0.25) is 0 Å². The molecule has 3 rings (SSSR count). The van der Waals surface area contributed by atoms with E-state index in [9.17, 15) is 23.2 Å². The Bertz CT molecular complexity index is 1260. The van der Waals surface area contributed by atoms with E-state index in [4.69, 9.17) is 4.74 Å². The number of aryl methyl sites for hydroxylation is 3. The van der Waals surface area contributed by atoms with Crippen molar-refractivity contribution in [3.63, 3.8) is 0 Å². The molecule has 10 heteroatoms. The Labute approximate surface area is 195 Å². The lowest BCUT2D eigenvalue weighted by Gasteiger charge is -2.13. The van der Waals surface area contributed by atoms with Crippen molar-refractivity contribution in [2.75, 3.05) is 0 Å². The summed E-state index contributed by atoms with van der Waals surface area (Å²) in [7, 11) is 1.66. The number of halogens is 2. The van der Waals surface area contributed by atoms with E-state index in [1.807, 2.05) is 0 Å². The first-order valence-corrected chi connectivity index (χ1v) is 10.5. The van der Waals surface area contributed by atoms with Gasteiger partial charge in [0.2, 0.25) is 5.78 Å². The third kappa shape index (κ3) is 4.75. The Balaban J connectivity index is 1.79. The maximum atomic E-state index is 13.0. The highest BCUT2D eigenvalue weighted by atomic mass is 19.3. The molecule has 0 bridgehead atoms. The van der Waals surface area contributed by atoms with E-state index in [-0.39, 0.29) is 11.3 Å². The lowest BCUT2D eigenvalue weighted by Crippen LogP contribution is -2.29. The number of esters is 1. The van der Waals surface area contributed by atoms with Gasteiger partial charge >= 0.3 is 12.6 Å². The monoisotopic (exact) mass is 473 g/mol. The van der Waals surface area contributed by atoms with E-state index in [2.05, 4.69) is 9.84 Å². The summed E-state index contributed by atoms with van der Waals surface area (Å²) < 4.78 is 37.6. The average molecular weight is 473 g/mol. The van der Waals surface area contributed by atoms with Gasteiger partial charge in [0.25, 0.3) is 5.78 Å². The Morgan fingerprint density at radius 1 is 1.00 bits per heavy atom. The Morgan fingerprint density at radius 2 is 1.62 bits per heavy atom. The van der Waals surface area contributed by atoms with Crippen LogP contribution in [-0.4, -0.2) is 44.6 Å². The third-order valence-corrected chi connectivity index (χ3v) is 5.59. The first-order chi connectivity index (χ1) is 15.9. The van der Waals surface area contributed by atoms with E-state index >= 15 is 0 Å². The Kier molecular flexibility index (Phi) is 6.99. The summed E-state index contributed by atoms with van der Waals surface area (Å²) in [5, 5.41) is 4.12. The molecule has 0 aliphatic rings. The molecule has 180 valence electrons. The van der Waals surface area contributed by atoms with Crippen LogP contribution in [0, 0.1) is 27.7 Å². The number of hydrogen-bond donors (Lipinski definition) is 0. The molecule has 2 aromatic heterocycles. The normalized spacial score (nSPS) is 12.0. The van der Waals surface area contributed by atoms with Crippen LogP contribution in [0.5, 0.6) is 5.75 Å². The van der Waals surface area contributed by atoms with Crippen LogP contribution in [0.15, 0.2) is 30.3 Å². The highest BCUT2D eigenvalue weighted by Gasteiger charge is 2.30. The van der Waals surface area contributed by atoms with E-state index in [0.29, 0.717) is 34.0 Å². The van der Waals surface area contributed by atoms with Gasteiger partial charge in [-0.1, -0.05) is 0 Å². The third-order valence-electron chi connectivity index (χ3n) is 5.59. The number of carbonyl (C=O) groups is 3. The number of ketones is 2. The molecule has 0 N–H and O–H groups in total. The number of nitrogens with zero attached hydrogens (tertiary/aromatic N) is 3. The standard InChI is InChI=1S/C24H25F2N3O5/c1-12-11-19(14(3)29(12)17-7-9-18(10-8-17)34-24(25)26)21(30)16(5)33-23(32)22(31)20-13(2)27-28(6)15(20)4/h7-11,16,24H,1-6H3. The van der Waals surface area contributed by atoms with Gasteiger partial charge in [-0.15, -0.1) is 0 Å². The second kappa shape index (κ2) is 9.58. The van der Waals surface area contributed by atoms with Crippen molar-refractivity contribution in [1.82, 2.24) is 14.3 Å². The molecule has 0 saturated carbocycles. The van der Waals surface area contributed by atoms with Crippen molar-refractivity contribution < 1.29 is 32.6 Å². The van der Waals surface area contributed by atoms with Crippen LogP contribution < -0.4 is 4.74 Å². The van der Waals surface area contributed by atoms with Crippen LogP contribution in [0.1, 0.15) is 50.4 Å². The fourth-order valence-corrected chi connectivity index (χ4v) is 3.88. The minimum absolute atomic E-state index is 0.0156. The lowest BCUT2D eigenvalue weighted by atomic mass is 10.1. The van der Waals surface area contributed by atoms with E-state index < -0.39 is 30.3 Å². The molecular formula is C24H25F2N3O5.